The minimum atomic E-state index is 0.487. The van der Waals surface area contributed by atoms with E-state index in [1.165, 1.54) is 0 Å². The lowest BCUT2D eigenvalue weighted by atomic mass is 10.0. The van der Waals surface area contributed by atoms with Crippen LogP contribution in [0.15, 0.2) is 29.3 Å². The molecular formula is C11H10N2. The van der Waals surface area contributed by atoms with Crippen molar-refractivity contribution in [1.29, 1.82) is 5.41 Å². The Morgan fingerprint density at radius 3 is 2.31 bits per heavy atom. The van der Waals surface area contributed by atoms with Crippen molar-refractivity contribution < 1.29 is 0 Å². The normalized spacial score (nSPS) is 17.6. The van der Waals surface area contributed by atoms with Crippen LogP contribution >= 0.6 is 0 Å². The van der Waals surface area contributed by atoms with Crippen LogP contribution < -0.4 is 10.4 Å². The summed E-state index contributed by atoms with van der Waals surface area (Å²) >= 11 is 0. The van der Waals surface area contributed by atoms with Gasteiger partial charge in [0, 0.05) is 7.05 Å². The molecule has 2 heteroatoms. The van der Waals surface area contributed by atoms with Crippen molar-refractivity contribution in [3.8, 4) is 0 Å². The molecule has 1 N–H and O–H groups in total. The molecule has 0 amide bonds. The largest absolute Gasteiger partial charge is 0.299 e. The van der Waals surface area contributed by atoms with Crippen LogP contribution in [0.5, 0.6) is 0 Å². The van der Waals surface area contributed by atoms with E-state index in [0.717, 1.165) is 16.1 Å². The first-order chi connectivity index (χ1) is 6.31. The van der Waals surface area contributed by atoms with Gasteiger partial charge in [0.15, 0.2) is 0 Å². The maximum atomic E-state index is 7.66. The number of nitrogens with zero attached hydrogens (tertiary/aromatic N) is 1. The molecule has 0 fully saturated rings. The fourth-order valence-corrected chi connectivity index (χ4v) is 1.41. The lowest BCUT2D eigenvalue weighted by Crippen LogP contribution is -2.32. The van der Waals surface area contributed by atoms with Crippen LogP contribution in [-0.2, 0) is 0 Å². The summed E-state index contributed by atoms with van der Waals surface area (Å²) < 4.78 is 0. The highest BCUT2D eigenvalue weighted by molar-refractivity contribution is 6.60. The summed E-state index contributed by atoms with van der Waals surface area (Å²) in [6, 6.07) is 8.01. The van der Waals surface area contributed by atoms with Gasteiger partial charge in [-0.3, -0.25) is 10.4 Å². The topological polar surface area (TPSA) is 36.2 Å². The van der Waals surface area contributed by atoms with Crippen LogP contribution in [0.25, 0.3) is 12.2 Å². The molecule has 64 valence electrons. The Bertz CT molecular complexity index is 495. The van der Waals surface area contributed by atoms with Crippen LogP contribution in [0.1, 0.15) is 0 Å². The molecule has 1 aliphatic carbocycles. The van der Waals surface area contributed by atoms with Crippen LogP contribution in [0.4, 0.5) is 0 Å². The number of aliphatic imine (C=N–C) groups is 1. The summed E-state index contributed by atoms with van der Waals surface area (Å²) in [4.78, 5) is 4.03. The maximum Gasteiger partial charge on any atom is 0.0826 e. The minimum Gasteiger partial charge on any atom is -0.299 e. The van der Waals surface area contributed by atoms with E-state index < -0.39 is 0 Å². The fraction of sp³-hybridized carbons (Fsp3) is 0.0909. The molecule has 0 bridgehead atoms. The van der Waals surface area contributed by atoms with Gasteiger partial charge < -0.3 is 0 Å². The molecule has 0 atom stereocenters. The zero-order valence-corrected chi connectivity index (χ0v) is 7.41. The second-order valence-corrected chi connectivity index (χ2v) is 2.94. The molecule has 13 heavy (non-hydrogen) atoms. The molecule has 0 saturated carbocycles. The van der Waals surface area contributed by atoms with Gasteiger partial charge in [0.25, 0.3) is 0 Å². The lowest BCUT2D eigenvalue weighted by molar-refractivity contribution is 1.44. The van der Waals surface area contributed by atoms with E-state index >= 15 is 0 Å². The molecule has 0 unspecified atom stereocenters. The quantitative estimate of drug-likeness (QED) is 0.583. The predicted octanol–water partition coefficient (Wildman–Crippen LogP) is 0.352. The second-order valence-electron chi connectivity index (χ2n) is 2.94. The first kappa shape index (κ1) is 7.92. The third kappa shape index (κ3) is 1.31. The van der Waals surface area contributed by atoms with Crippen LogP contribution in [0, 0.1) is 5.41 Å². The standard InChI is InChI=1S/C11H10N2/c1-13-11-7-9-5-3-2-4-8(9)6-10(11)12/h2-7,12H,1H3/b12-10?,13-11-. The summed E-state index contributed by atoms with van der Waals surface area (Å²) in [5.74, 6) is 0. The molecule has 2 nitrogen and oxygen atoms in total. The Hall–Kier alpha value is -1.70. The molecule has 0 heterocycles. The van der Waals surface area contributed by atoms with Crippen molar-refractivity contribution in [3.63, 3.8) is 0 Å². The van der Waals surface area contributed by atoms with E-state index in [9.17, 15) is 0 Å². The van der Waals surface area contributed by atoms with Gasteiger partial charge in [-0.25, -0.2) is 0 Å². The lowest BCUT2D eigenvalue weighted by Gasteiger charge is -2.03. The Morgan fingerprint density at radius 2 is 1.69 bits per heavy atom. The summed E-state index contributed by atoms with van der Waals surface area (Å²) in [6.45, 7) is 0. The van der Waals surface area contributed by atoms with Gasteiger partial charge in [-0.05, 0) is 22.6 Å². The van der Waals surface area contributed by atoms with Crippen molar-refractivity contribution in [2.45, 2.75) is 0 Å². The van der Waals surface area contributed by atoms with Gasteiger partial charge in [0.2, 0.25) is 0 Å². The summed E-state index contributed by atoms with van der Waals surface area (Å²) in [5.41, 5.74) is 1.24. The maximum absolute atomic E-state index is 7.66. The van der Waals surface area contributed by atoms with Crippen molar-refractivity contribution in [2.75, 3.05) is 7.05 Å². The number of nitrogens with one attached hydrogen (secondary N) is 1. The van der Waals surface area contributed by atoms with Crippen molar-refractivity contribution >= 4 is 23.6 Å². The van der Waals surface area contributed by atoms with E-state index in [1.807, 2.05) is 36.4 Å². The summed E-state index contributed by atoms with van der Waals surface area (Å²) in [7, 11) is 1.71. The van der Waals surface area contributed by atoms with Gasteiger partial charge in [-0.1, -0.05) is 24.3 Å². The highest BCUT2D eigenvalue weighted by atomic mass is 14.7. The Morgan fingerprint density at radius 1 is 1.08 bits per heavy atom. The number of hydrogen-bond acceptors (Lipinski definition) is 2. The monoisotopic (exact) mass is 170 g/mol. The fourth-order valence-electron chi connectivity index (χ4n) is 1.41. The average molecular weight is 170 g/mol. The van der Waals surface area contributed by atoms with E-state index in [-0.39, 0.29) is 0 Å². The third-order valence-corrected chi connectivity index (χ3v) is 2.10. The van der Waals surface area contributed by atoms with Crippen LogP contribution in [0.3, 0.4) is 0 Å². The summed E-state index contributed by atoms with van der Waals surface area (Å²) in [6.07, 6.45) is 3.79. The molecular weight excluding hydrogens is 160 g/mol. The average Bonchev–Trinajstić information content (AvgIpc) is 2.17. The zero-order chi connectivity index (χ0) is 9.26. The van der Waals surface area contributed by atoms with E-state index in [0.29, 0.717) is 5.71 Å². The van der Waals surface area contributed by atoms with Gasteiger partial charge in [-0.15, -0.1) is 0 Å². The van der Waals surface area contributed by atoms with E-state index in [1.54, 1.807) is 7.05 Å². The number of hydrogen-bond donors (Lipinski definition) is 1. The second kappa shape index (κ2) is 2.98. The molecule has 1 aromatic rings. The Labute approximate surface area is 76.5 Å². The highest BCUT2D eigenvalue weighted by Crippen LogP contribution is 1.90. The first-order valence-electron chi connectivity index (χ1n) is 4.15. The molecule has 0 radical (unpaired) electrons. The molecule has 1 aromatic carbocycles. The first-order valence-corrected chi connectivity index (χ1v) is 4.15. The number of rotatable bonds is 0. The molecule has 0 aliphatic heterocycles. The zero-order valence-electron chi connectivity index (χ0n) is 7.41. The molecule has 0 spiro atoms. The van der Waals surface area contributed by atoms with Crippen molar-refractivity contribution in [2.24, 2.45) is 4.99 Å². The van der Waals surface area contributed by atoms with Crippen LogP contribution in [0.2, 0.25) is 0 Å². The van der Waals surface area contributed by atoms with E-state index in [2.05, 4.69) is 4.99 Å². The predicted molar refractivity (Wildman–Crippen MR) is 55.7 cm³/mol. The smallest absolute Gasteiger partial charge is 0.0826 e. The van der Waals surface area contributed by atoms with Crippen LogP contribution in [-0.4, -0.2) is 18.5 Å². The third-order valence-electron chi connectivity index (χ3n) is 2.10. The van der Waals surface area contributed by atoms with Gasteiger partial charge in [0.1, 0.15) is 0 Å². The SMILES string of the molecule is C/N=C1/C=c2ccccc2=CC1=N. The highest BCUT2D eigenvalue weighted by Gasteiger charge is 2.03. The minimum absolute atomic E-state index is 0.487. The number of benzene rings is 1. The number of fused-ring (bicyclic) bond motifs is 1. The Kier molecular flexibility index (Phi) is 1.81. The molecule has 2 rings (SSSR count). The Balaban J connectivity index is 2.81. The van der Waals surface area contributed by atoms with Gasteiger partial charge >= 0.3 is 0 Å². The van der Waals surface area contributed by atoms with Crippen molar-refractivity contribution in [3.05, 3.63) is 34.7 Å². The molecule has 1 aliphatic rings. The molecule has 0 aromatic heterocycles. The molecule has 0 saturated heterocycles. The van der Waals surface area contributed by atoms with Gasteiger partial charge in [0.05, 0.1) is 11.4 Å². The van der Waals surface area contributed by atoms with Crippen molar-refractivity contribution in [1.82, 2.24) is 0 Å². The van der Waals surface area contributed by atoms with Gasteiger partial charge in [-0.2, -0.15) is 0 Å². The summed E-state index contributed by atoms with van der Waals surface area (Å²) in [5, 5.41) is 9.89. The van der Waals surface area contributed by atoms with E-state index in [4.69, 9.17) is 5.41 Å².